The average Bonchev–Trinajstić information content (AvgIpc) is 2.39. The Morgan fingerprint density at radius 1 is 1.35 bits per heavy atom. The number of rotatable bonds is 4. The highest BCUT2D eigenvalue weighted by Gasteiger charge is 2.45. The van der Waals surface area contributed by atoms with Gasteiger partial charge in [-0.2, -0.15) is 4.72 Å². The second-order valence-corrected chi connectivity index (χ2v) is 7.19. The van der Waals surface area contributed by atoms with Gasteiger partial charge in [0.1, 0.15) is 5.54 Å². The molecule has 0 aliphatic heterocycles. The van der Waals surface area contributed by atoms with E-state index in [-0.39, 0.29) is 10.8 Å². The van der Waals surface area contributed by atoms with Crippen LogP contribution in [0.15, 0.2) is 35.2 Å². The third-order valence-corrected chi connectivity index (χ3v) is 5.34. The Balaban J connectivity index is 2.31. The molecule has 1 aliphatic carbocycles. The second kappa shape index (κ2) is 5.54. The fraction of sp³-hybridized carbons (Fsp3) is 0.500. The van der Waals surface area contributed by atoms with Gasteiger partial charge in [-0.15, -0.1) is 0 Å². The number of carboxylic acid groups (broad SMARTS) is 1. The molecule has 5 nitrogen and oxygen atoms in total. The van der Waals surface area contributed by atoms with E-state index in [1.54, 1.807) is 18.2 Å². The molecule has 1 aromatic rings. The molecule has 1 aliphatic rings. The molecule has 0 bridgehead atoms. The molecular weight excluding hydrogens is 278 g/mol. The van der Waals surface area contributed by atoms with Gasteiger partial charge >= 0.3 is 5.97 Å². The Bertz CT molecular complexity index is 584. The summed E-state index contributed by atoms with van der Waals surface area (Å²) in [5.41, 5.74) is -1.38. The van der Waals surface area contributed by atoms with Crippen LogP contribution in [0.1, 0.15) is 32.6 Å². The normalized spacial score (nSPS) is 27.1. The lowest BCUT2D eigenvalue weighted by Crippen LogP contribution is -2.56. The van der Waals surface area contributed by atoms with Crippen LogP contribution >= 0.6 is 0 Å². The highest BCUT2D eigenvalue weighted by atomic mass is 32.2. The number of hydrogen-bond acceptors (Lipinski definition) is 3. The van der Waals surface area contributed by atoms with Crippen LogP contribution < -0.4 is 4.72 Å². The molecule has 1 aromatic carbocycles. The quantitative estimate of drug-likeness (QED) is 0.890. The first-order valence-corrected chi connectivity index (χ1v) is 8.16. The fourth-order valence-corrected chi connectivity index (χ4v) is 4.22. The number of aliphatic carboxylic acids is 1. The summed E-state index contributed by atoms with van der Waals surface area (Å²) in [6, 6.07) is 7.87. The summed E-state index contributed by atoms with van der Waals surface area (Å²) in [7, 11) is -3.82. The Labute approximate surface area is 119 Å². The van der Waals surface area contributed by atoms with Crippen molar-refractivity contribution in [1.82, 2.24) is 4.72 Å². The Morgan fingerprint density at radius 3 is 2.55 bits per heavy atom. The lowest BCUT2D eigenvalue weighted by Gasteiger charge is -2.36. The van der Waals surface area contributed by atoms with Gasteiger partial charge in [-0.25, -0.2) is 8.42 Å². The van der Waals surface area contributed by atoms with Crippen LogP contribution in [0.4, 0.5) is 0 Å². The highest BCUT2D eigenvalue weighted by Crippen LogP contribution is 2.33. The summed E-state index contributed by atoms with van der Waals surface area (Å²) < 4.78 is 27.1. The molecule has 6 heteroatoms. The average molecular weight is 297 g/mol. The molecule has 0 radical (unpaired) electrons. The zero-order chi connectivity index (χ0) is 14.8. The smallest absolute Gasteiger partial charge is 0.324 e. The van der Waals surface area contributed by atoms with E-state index in [4.69, 9.17) is 0 Å². The number of nitrogens with one attached hydrogen (secondary N) is 1. The van der Waals surface area contributed by atoms with Gasteiger partial charge in [0.15, 0.2) is 0 Å². The standard InChI is InChI=1S/C14H19NO4S/c1-11-6-5-9-14(10-11,13(16)17)15-20(18,19)12-7-3-2-4-8-12/h2-4,7-8,11,15H,5-6,9-10H2,1H3,(H,16,17). The molecule has 1 fully saturated rings. The van der Waals surface area contributed by atoms with Crippen LogP contribution in [-0.2, 0) is 14.8 Å². The first-order chi connectivity index (χ1) is 9.36. The lowest BCUT2D eigenvalue weighted by atomic mass is 9.77. The van der Waals surface area contributed by atoms with Crippen molar-refractivity contribution < 1.29 is 18.3 Å². The number of hydrogen-bond donors (Lipinski definition) is 2. The second-order valence-electron chi connectivity index (χ2n) is 5.51. The van der Waals surface area contributed by atoms with Gasteiger partial charge < -0.3 is 5.11 Å². The first-order valence-electron chi connectivity index (χ1n) is 6.68. The van der Waals surface area contributed by atoms with Gasteiger partial charge in [-0.05, 0) is 30.9 Å². The van der Waals surface area contributed by atoms with Crippen molar-refractivity contribution in [3.63, 3.8) is 0 Å². The first kappa shape index (κ1) is 15.0. The van der Waals surface area contributed by atoms with E-state index in [0.29, 0.717) is 19.3 Å². The van der Waals surface area contributed by atoms with Crippen LogP contribution in [0.25, 0.3) is 0 Å². The Kier molecular flexibility index (Phi) is 4.15. The van der Waals surface area contributed by atoms with Crippen LogP contribution in [0.3, 0.4) is 0 Å². The molecule has 0 aromatic heterocycles. The van der Waals surface area contributed by atoms with Crippen LogP contribution in [0.5, 0.6) is 0 Å². The van der Waals surface area contributed by atoms with Crippen molar-refractivity contribution in [2.24, 2.45) is 5.92 Å². The minimum atomic E-state index is -3.82. The van der Waals surface area contributed by atoms with E-state index >= 15 is 0 Å². The van der Waals surface area contributed by atoms with E-state index in [1.807, 2.05) is 6.92 Å². The molecule has 0 spiro atoms. The monoisotopic (exact) mass is 297 g/mol. The van der Waals surface area contributed by atoms with Gasteiger partial charge in [-0.1, -0.05) is 38.0 Å². The van der Waals surface area contributed by atoms with E-state index in [9.17, 15) is 18.3 Å². The van der Waals surface area contributed by atoms with Crippen molar-refractivity contribution in [2.45, 2.75) is 43.0 Å². The maximum absolute atomic E-state index is 12.3. The molecule has 0 saturated heterocycles. The molecule has 2 atom stereocenters. The third-order valence-electron chi connectivity index (χ3n) is 3.79. The van der Waals surface area contributed by atoms with Gasteiger partial charge in [0.2, 0.25) is 10.0 Å². The van der Waals surface area contributed by atoms with Crippen molar-refractivity contribution >= 4 is 16.0 Å². The Hall–Kier alpha value is -1.40. The largest absolute Gasteiger partial charge is 0.480 e. The van der Waals surface area contributed by atoms with Crippen LogP contribution in [-0.4, -0.2) is 25.0 Å². The topological polar surface area (TPSA) is 83.5 Å². The number of sulfonamides is 1. The molecule has 0 amide bonds. The predicted molar refractivity (Wildman–Crippen MR) is 74.8 cm³/mol. The van der Waals surface area contributed by atoms with Gasteiger partial charge in [0.25, 0.3) is 0 Å². The molecule has 20 heavy (non-hydrogen) atoms. The van der Waals surface area contributed by atoms with Gasteiger partial charge in [-0.3, -0.25) is 4.79 Å². The lowest BCUT2D eigenvalue weighted by molar-refractivity contribution is -0.146. The summed E-state index contributed by atoms with van der Waals surface area (Å²) in [5.74, 6) is -0.901. The summed E-state index contributed by atoms with van der Waals surface area (Å²) in [5, 5.41) is 9.49. The number of benzene rings is 1. The molecular formula is C14H19NO4S. The molecule has 0 heterocycles. The third kappa shape index (κ3) is 3.02. The van der Waals surface area contributed by atoms with E-state index in [0.717, 1.165) is 6.42 Å². The predicted octanol–water partition coefficient (Wildman–Crippen LogP) is 2.00. The minimum Gasteiger partial charge on any atom is -0.480 e. The zero-order valence-electron chi connectivity index (χ0n) is 11.4. The maximum atomic E-state index is 12.3. The van der Waals surface area contributed by atoms with E-state index in [2.05, 4.69) is 4.72 Å². The van der Waals surface area contributed by atoms with Gasteiger partial charge in [0, 0.05) is 0 Å². The van der Waals surface area contributed by atoms with E-state index in [1.165, 1.54) is 12.1 Å². The summed E-state index contributed by atoms with van der Waals surface area (Å²) in [4.78, 5) is 11.7. The van der Waals surface area contributed by atoms with Crippen molar-refractivity contribution in [2.75, 3.05) is 0 Å². The molecule has 1 saturated carbocycles. The van der Waals surface area contributed by atoms with Crippen LogP contribution in [0.2, 0.25) is 0 Å². The SMILES string of the molecule is CC1CCCC(NS(=O)(=O)c2ccccc2)(C(=O)O)C1. The molecule has 2 N–H and O–H groups in total. The van der Waals surface area contributed by atoms with Crippen molar-refractivity contribution in [3.05, 3.63) is 30.3 Å². The zero-order valence-corrected chi connectivity index (χ0v) is 12.2. The molecule has 2 rings (SSSR count). The summed E-state index contributed by atoms with van der Waals surface area (Å²) in [6.07, 6.45) is 2.31. The van der Waals surface area contributed by atoms with Crippen molar-refractivity contribution in [3.8, 4) is 0 Å². The van der Waals surface area contributed by atoms with E-state index < -0.39 is 21.5 Å². The number of carbonyl (C=O) groups is 1. The maximum Gasteiger partial charge on any atom is 0.324 e. The number of carboxylic acids is 1. The van der Waals surface area contributed by atoms with Gasteiger partial charge in [0.05, 0.1) is 4.90 Å². The summed E-state index contributed by atoms with van der Waals surface area (Å²) in [6.45, 7) is 1.95. The molecule has 2 unspecified atom stereocenters. The summed E-state index contributed by atoms with van der Waals surface area (Å²) >= 11 is 0. The van der Waals surface area contributed by atoms with Crippen LogP contribution in [0, 0.1) is 5.92 Å². The minimum absolute atomic E-state index is 0.0962. The fourth-order valence-electron chi connectivity index (χ4n) is 2.80. The molecule has 110 valence electrons. The van der Waals surface area contributed by atoms with Crippen molar-refractivity contribution in [1.29, 1.82) is 0 Å². The Morgan fingerprint density at radius 2 is 2.00 bits per heavy atom. The highest BCUT2D eigenvalue weighted by molar-refractivity contribution is 7.89.